The van der Waals surface area contributed by atoms with Crippen LogP contribution in [0.1, 0.15) is 32.6 Å². The van der Waals surface area contributed by atoms with Crippen LogP contribution in [0.3, 0.4) is 0 Å². The van der Waals surface area contributed by atoms with Gasteiger partial charge in [0.1, 0.15) is 5.82 Å². The van der Waals surface area contributed by atoms with Crippen LogP contribution in [0.2, 0.25) is 0 Å². The summed E-state index contributed by atoms with van der Waals surface area (Å²) in [7, 11) is 0. The van der Waals surface area contributed by atoms with E-state index in [1.807, 2.05) is 6.92 Å². The van der Waals surface area contributed by atoms with Gasteiger partial charge >= 0.3 is 0 Å². The number of halogens is 2. The number of aliphatic hydroxyl groups excluding tert-OH is 1. The first kappa shape index (κ1) is 19.1. The Kier molecular flexibility index (Phi) is 5.53. The third-order valence-corrected chi connectivity index (χ3v) is 5.91. The minimum atomic E-state index is -0.665. The molecule has 1 aromatic rings. The first-order valence-electron chi connectivity index (χ1n) is 9.26. The van der Waals surface area contributed by atoms with Crippen LogP contribution in [0.15, 0.2) is 30.5 Å². The Bertz CT molecular complexity index is 653. The third kappa shape index (κ3) is 4.01. The van der Waals surface area contributed by atoms with Crippen molar-refractivity contribution in [3.05, 3.63) is 42.1 Å². The summed E-state index contributed by atoms with van der Waals surface area (Å²) in [6.07, 6.45) is 3.30. The van der Waals surface area contributed by atoms with Gasteiger partial charge < -0.3 is 20.5 Å². The minimum Gasteiger partial charge on any atom is -0.487 e. The van der Waals surface area contributed by atoms with Crippen LogP contribution in [-0.2, 0) is 0 Å². The average Bonchev–Trinajstić information content (AvgIpc) is 2.61. The third-order valence-electron chi connectivity index (χ3n) is 5.91. The van der Waals surface area contributed by atoms with Crippen LogP contribution >= 0.6 is 0 Å². The number of likely N-dealkylation sites (tertiary alicyclic amines) is 1. The highest BCUT2D eigenvalue weighted by atomic mass is 19.1. The van der Waals surface area contributed by atoms with Gasteiger partial charge in [-0.25, -0.2) is 8.78 Å². The second-order valence-electron chi connectivity index (χ2n) is 7.84. The van der Waals surface area contributed by atoms with Gasteiger partial charge in [0.25, 0.3) is 0 Å². The van der Waals surface area contributed by atoms with Gasteiger partial charge in [-0.1, -0.05) is 6.58 Å². The molecule has 2 aliphatic rings. The van der Waals surface area contributed by atoms with Crippen molar-refractivity contribution in [2.45, 2.75) is 44.2 Å². The topological polar surface area (TPSA) is 58.7 Å². The Morgan fingerprint density at radius 3 is 2.62 bits per heavy atom. The van der Waals surface area contributed by atoms with Gasteiger partial charge in [0, 0.05) is 36.3 Å². The largest absolute Gasteiger partial charge is 0.487 e. The van der Waals surface area contributed by atoms with E-state index in [4.69, 9.17) is 10.5 Å². The highest BCUT2D eigenvalue weighted by Gasteiger charge is 2.43. The zero-order valence-electron chi connectivity index (χ0n) is 15.3. The highest BCUT2D eigenvalue weighted by molar-refractivity contribution is 5.25. The van der Waals surface area contributed by atoms with Gasteiger partial charge in [-0.05, 0) is 50.7 Å². The van der Waals surface area contributed by atoms with Gasteiger partial charge in [0.05, 0.1) is 12.7 Å². The number of piperidine rings is 1. The fraction of sp³-hybridized carbons (Fsp3) is 0.600. The standard InChI is InChI=1S/C20H28F2N2O2/c1-13(16-10-20(23,11-16)12-25)24-7-5-15(6-8-24)14(2)26-19-4-3-17(21)9-18(19)22/h3-4,9,14-16,25H,1,5-8,10-12,23H2,2H3/t14?,16-,20+. The molecule has 144 valence electrons. The lowest BCUT2D eigenvalue weighted by Gasteiger charge is -2.48. The zero-order valence-corrected chi connectivity index (χ0v) is 15.3. The molecule has 1 atom stereocenters. The Morgan fingerprint density at radius 2 is 2.04 bits per heavy atom. The van der Waals surface area contributed by atoms with E-state index in [0.717, 1.165) is 50.5 Å². The molecule has 0 spiro atoms. The summed E-state index contributed by atoms with van der Waals surface area (Å²) in [5.74, 6) is -0.500. The fourth-order valence-electron chi connectivity index (χ4n) is 4.07. The lowest BCUT2D eigenvalue weighted by atomic mass is 9.67. The van der Waals surface area contributed by atoms with Crippen LogP contribution < -0.4 is 10.5 Å². The maximum Gasteiger partial charge on any atom is 0.167 e. The van der Waals surface area contributed by atoms with E-state index >= 15 is 0 Å². The van der Waals surface area contributed by atoms with E-state index in [1.54, 1.807) is 0 Å². The van der Waals surface area contributed by atoms with Crippen molar-refractivity contribution in [1.29, 1.82) is 0 Å². The molecule has 1 aliphatic heterocycles. The molecule has 3 rings (SSSR count). The lowest BCUT2D eigenvalue weighted by Crippen LogP contribution is -2.56. The van der Waals surface area contributed by atoms with Gasteiger partial charge in [-0.15, -0.1) is 0 Å². The molecule has 1 saturated carbocycles. The number of benzene rings is 1. The molecule has 1 aromatic carbocycles. The van der Waals surface area contributed by atoms with Crippen LogP contribution in [-0.4, -0.2) is 41.3 Å². The predicted octanol–water partition coefficient (Wildman–Crippen LogP) is 3.06. The molecule has 1 unspecified atom stereocenters. The molecular weight excluding hydrogens is 338 g/mol. The number of ether oxygens (including phenoxy) is 1. The molecule has 1 heterocycles. The van der Waals surface area contributed by atoms with Crippen molar-refractivity contribution >= 4 is 0 Å². The van der Waals surface area contributed by atoms with Gasteiger partial charge in [0.15, 0.2) is 11.6 Å². The molecule has 1 saturated heterocycles. The summed E-state index contributed by atoms with van der Waals surface area (Å²) in [5.41, 5.74) is 6.71. The van der Waals surface area contributed by atoms with E-state index in [0.29, 0.717) is 11.8 Å². The maximum absolute atomic E-state index is 13.8. The SMILES string of the molecule is C=C([C@H]1C[C@](N)(CO)C1)N1CCC(C(C)Oc2ccc(F)cc2F)CC1. The first-order chi connectivity index (χ1) is 12.3. The summed E-state index contributed by atoms with van der Waals surface area (Å²) in [5, 5.41) is 9.28. The van der Waals surface area contributed by atoms with E-state index in [9.17, 15) is 13.9 Å². The number of rotatable bonds is 6. The fourth-order valence-corrected chi connectivity index (χ4v) is 4.07. The Morgan fingerprint density at radius 1 is 1.38 bits per heavy atom. The second-order valence-corrected chi connectivity index (χ2v) is 7.84. The number of nitrogens with two attached hydrogens (primary N) is 1. The molecule has 0 radical (unpaired) electrons. The monoisotopic (exact) mass is 366 g/mol. The van der Waals surface area contributed by atoms with Crippen LogP contribution in [0.25, 0.3) is 0 Å². The van der Waals surface area contributed by atoms with E-state index in [-0.39, 0.29) is 18.5 Å². The number of allylic oxidation sites excluding steroid dienone is 1. The maximum atomic E-state index is 13.8. The molecule has 26 heavy (non-hydrogen) atoms. The Labute approximate surface area is 153 Å². The quantitative estimate of drug-likeness (QED) is 0.812. The normalized spacial score (nSPS) is 27.7. The molecule has 4 nitrogen and oxygen atoms in total. The average molecular weight is 366 g/mol. The van der Waals surface area contributed by atoms with Crippen LogP contribution in [0.4, 0.5) is 8.78 Å². The van der Waals surface area contributed by atoms with E-state index in [2.05, 4.69) is 11.5 Å². The van der Waals surface area contributed by atoms with Crippen LogP contribution in [0, 0.1) is 23.5 Å². The Balaban J connectivity index is 1.48. The summed E-state index contributed by atoms with van der Waals surface area (Å²) < 4.78 is 32.5. The van der Waals surface area contributed by atoms with Crippen molar-refractivity contribution in [2.75, 3.05) is 19.7 Å². The predicted molar refractivity (Wildman–Crippen MR) is 96.6 cm³/mol. The van der Waals surface area contributed by atoms with Gasteiger partial charge in [-0.3, -0.25) is 0 Å². The van der Waals surface area contributed by atoms with Crippen molar-refractivity contribution < 1.29 is 18.6 Å². The molecule has 0 bridgehead atoms. The van der Waals surface area contributed by atoms with E-state index < -0.39 is 17.2 Å². The van der Waals surface area contributed by atoms with Crippen LogP contribution in [0.5, 0.6) is 5.75 Å². The summed E-state index contributed by atoms with van der Waals surface area (Å²) >= 11 is 0. The highest BCUT2D eigenvalue weighted by Crippen LogP contribution is 2.41. The Hall–Kier alpha value is -1.66. The van der Waals surface area contributed by atoms with Gasteiger partial charge in [-0.2, -0.15) is 0 Å². The minimum absolute atomic E-state index is 0.0215. The van der Waals surface area contributed by atoms with Gasteiger partial charge in [0.2, 0.25) is 0 Å². The number of hydrogen-bond acceptors (Lipinski definition) is 4. The second kappa shape index (κ2) is 7.53. The number of nitrogens with zero attached hydrogens (tertiary/aromatic N) is 1. The first-order valence-corrected chi connectivity index (χ1v) is 9.26. The van der Waals surface area contributed by atoms with Crippen molar-refractivity contribution in [3.8, 4) is 5.75 Å². The molecule has 0 aromatic heterocycles. The van der Waals surface area contributed by atoms with Crippen molar-refractivity contribution in [1.82, 2.24) is 4.90 Å². The van der Waals surface area contributed by atoms with Crippen molar-refractivity contribution in [2.24, 2.45) is 17.6 Å². The summed E-state index contributed by atoms with van der Waals surface area (Å²) in [6.45, 7) is 7.96. The summed E-state index contributed by atoms with van der Waals surface area (Å²) in [4.78, 5) is 2.29. The molecule has 2 fully saturated rings. The number of aliphatic hydroxyl groups is 1. The molecule has 3 N–H and O–H groups in total. The molecule has 6 heteroatoms. The summed E-state index contributed by atoms with van der Waals surface area (Å²) in [6, 6.07) is 3.40. The van der Waals surface area contributed by atoms with Crippen molar-refractivity contribution in [3.63, 3.8) is 0 Å². The number of hydrogen-bond donors (Lipinski definition) is 2. The van der Waals surface area contributed by atoms with E-state index in [1.165, 1.54) is 12.1 Å². The molecule has 0 amide bonds. The molecule has 1 aliphatic carbocycles. The smallest absolute Gasteiger partial charge is 0.167 e. The lowest BCUT2D eigenvalue weighted by molar-refractivity contribution is 0.0579. The zero-order chi connectivity index (χ0) is 18.9. The molecular formula is C20H28F2N2O2.